The first kappa shape index (κ1) is 8.32. The Morgan fingerprint density at radius 3 is 2.93 bits per heavy atom. The van der Waals surface area contributed by atoms with Crippen molar-refractivity contribution in [2.45, 2.75) is 0 Å². The maximum atomic E-state index is 8.71. The van der Waals surface area contributed by atoms with E-state index in [0.29, 0.717) is 11.4 Å². The molecule has 2 aromatic rings. The van der Waals surface area contributed by atoms with Crippen LogP contribution in [0, 0.1) is 11.3 Å². The number of H-pyrrole nitrogens is 1. The lowest BCUT2D eigenvalue weighted by atomic mass is 10.2. The first-order valence-electron chi connectivity index (χ1n) is 4.10. The summed E-state index contributed by atoms with van der Waals surface area (Å²) in [6, 6.07) is 7.46. The summed E-state index contributed by atoms with van der Waals surface area (Å²) in [4.78, 5) is 6.91. The van der Waals surface area contributed by atoms with Crippen LogP contribution in [0.5, 0.6) is 0 Å². The molecule has 0 amide bonds. The fourth-order valence-electron chi connectivity index (χ4n) is 1.24. The van der Waals surface area contributed by atoms with Crippen LogP contribution in [0.4, 0.5) is 5.82 Å². The molecule has 0 aliphatic carbocycles. The molecule has 4 heteroatoms. The van der Waals surface area contributed by atoms with Crippen LogP contribution in [0.15, 0.2) is 30.6 Å². The van der Waals surface area contributed by atoms with Crippen LogP contribution < -0.4 is 5.73 Å². The predicted octanol–water partition coefficient (Wildman–Crippen LogP) is 1.53. The van der Waals surface area contributed by atoms with E-state index in [9.17, 15) is 0 Å². The molecule has 0 aromatic carbocycles. The molecule has 0 fully saturated rings. The molecule has 2 heterocycles. The number of anilines is 1. The standard InChI is InChI=1S/C10H8N4/c11-5-8-4-9(14-10(8)12)7-2-1-3-13-6-7/h1-4,6,14H,12H2. The van der Waals surface area contributed by atoms with Gasteiger partial charge >= 0.3 is 0 Å². The molecular weight excluding hydrogens is 176 g/mol. The second-order valence-corrected chi connectivity index (χ2v) is 2.86. The molecule has 4 nitrogen and oxygen atoms in total. The van der Waals surface area contributed by atoms with Crippen LogP contribution in [0.3, 0.4) is 0 Å². The minimum absolute atomic E-state index is 0.395. The average Bonchev–Trinajstić information content (AvgIpc) is 2.61. The summed E-state index contributed by atoms with van der Waals surface area (Å²) in [5, 5.41) is 8.71. The second-order valence-electron chi connectivity index (χ2n) is 2.86. The van der Waals surface area contributed by atoms with E-state index >= 15 is 0 Å². The van der Waals surface area contributed by atoms with Gasteiger partial charge in [-0.05, 0) is 18.2 Å². The molecule has 3 N–H and O–H groups in total. The normalized spacial score (nSPS) is 9.64. The Morgan fingerprint density at radius 1 is 1.50 bits per heavy atom. The number of pyridine rings is 1. The minimum atomic E-state index is 0.395. The lowest BCUT2D eigenvalue weighted by molar-refractivity contribution is 1.31. The van der Waals surface area contributed by atoms with Crippen molar-refractivity contribution >= 4 is 5.82 Å². The third kappa shape index (κ3) is 1.31. The van der Waals surface area contributed by atoms with E-state index < -0.39 is 0 Å². The molecule has 14 heavy (non-hydrogen) atoms. The van der Waals surface area contributed by atoms with Crippen molar-refractivity contribution in [2.24, 2.45) is 0 Å². The summed E-state index contributed by atoms with van der Waals surface area (Å²) in [6.45, 7) is 0. The number of nitriles is 1. The number of rotatable bonds is 1. The van der Waals surface area contributed by atoms with Crippen LogP contribution in [0.25, 0.3) is 11.3 Å². The smallest absolute Gasteiger partial charge is 0.119 e. The minimum Gasteiger partial charge on any atom is -0.384 e. The van der Waals surface area contributed by atoms with E-state index in [2.05, 4.69) is 9.97 Å². The van der Waals surface area contributed by atoms with Gasteiger partial charge in [0.05, 0.1) is 5.56 Å². The summed E-state index contributed by atoms with van der Waals surface area (Å²) in [5.74, 6) is 0.395. The Bertz CT molecular complexity index is 479. The third-order valence-corrected chi connectivity index (χ3v) is 1.94. The highest BCUT2D eigenvalue weighted by Gasteiger charge is 2.05. The van der Waals surface area contributed by atoms with E-state index in [1.807, 2.05) is 18.2 Å². The topological polar surface area (TPSA) is 78.5 Å². The third-order valence-electron chi connectivity index (χ3n) is 1.94. The SMILES string of the molecule is N#Cc1cc(-c2cccnc2)[nH]c1N. The van der Waals surface area contributed by atoms with Gasteiger partial charge in [0.2, 0.25) is 0 Å². The molecule has 0 aliphatic rings. The van der Waals surface area contributed by atoms with E-state index in [4.69, 9.17) is 11.0 Å². The van der Waals surface area contributed by atoms with Gasteiger partial charge in [-0.25, -0.2) is 0 Å². The Kier molecular flexibility index (Phi) is 1.92. The number of nitrogen functional groups attached to an aromatic ring is 1. The zero-order valence-corrected chi connectivity index (χ0v) is 7.36. The van der Waals surface area contributed by atoms with Gasteiger partial charge in [-0.2, -0.15) is 5.26 Å². The Balaban J connectivity index is 2.50. The van der Waals surface area contributed by atoms with E-state index in [1.165, 1.54) is 0 Å². The predicted molar refractivity (Wildman–Crippen MR) is 53.2 cm³/mol. The highest BCUT2D eigenvalue weighted by atomic mass is 14.9. The molecular formula is C10H8N4. The highest BCUT2D eigenvalue weighted by molar-refractivity contribution is 5.66. The van der Waals surface area contributed by atoms with Crippen molar-refractivity contribution in [3.8, 4) is 17.3 Å². The highest BCUT2D eigenvalue weighted by Crippen LogP contribution is 2.21. The maximum absolute atomic E-state index is 8.71. The lowest BCUT2D eigenvalue weighted by Crippen LogP contribution is -1.86. The summed E-state index contributed by atoms with van der Waals surface area (Å²) in [5.41, 5.74) is 7.78. The van der Waals surface area contributed by atoms with Gasteiger partial charge in [-0.1, -0.05) is 0 Å². The van der Waals surface area contributed by atoms with Crippen molar-refractivity contribution in [3.05, 3.63) is 36.2 Å². The fourth-order valence-corrected chi connectivity index (χ4v) is 1.24. The van der Waals surface area contributed by atoms with Crippen molar-refractivity contribution in [3.63, 3.8) is 0 Å². The van der Waals surface area contributed by atoms with Gasteiger partial charge in [0, 0.05) is 23.7 Å². The maximum Gasteiger partial charge on any atom is 0.119 e. The second kappa shape index (κ2) is 3.23. The Hall–Kier alpha value is -2.28. The number of nitrogens with zero attached hydrogens (tertiary/aromatic N) is 2. The van der Waals surface area contributed by atoms with Crippen molar-refractivity contribution in [1.29, 1.82) is 5.26 Å². The first-order chi connectivity index (χ1) is 6.81. The number of nitrogens with two attached hydrogens (primary N) is 1. The van der Waals surface area contributed by atoms with Gasteiger partial charge in [-0.3, -0.25) is 4.98 Å². The van der Waals surface area contributed by atoms with Crippen molar-refractivity contribution in [2.75, 3.05) is 5.73 Å². The van der Waals surface area contributed by atoms with Crippen LogP contribution >= 0.6 is 0 Å². The molecule has 2 rings (SSSR count). The van der Waals surface area contributed by atoms with Crippen LogP contribution in [-0.2, 0) is 0 Å². The van der Waals surface area contributed by atoms with Gasteiger partial charge in [0.1, 0.15) is 11.9 Å². The van der Waals surface area contributed by atoms with Crippen molar-refractivity contribution < 1.29 is 0 Å². The zero-order valence-electron chi connectivity index (χ0n) is 7.36. The quantitative estimate of drug-likeness (QED) is 0.705. The Morgan fingerprint density at radius 2 is 2.36 bits per heavy atom. The number of hydrogen-bond donors (Lipinski definition) is 2. The van der Waals surface area contributed by atoms with Gasteiger partial charge in [0.25, 0.3) is 0 Å². The number of aromatic nitrogens is 2. The van der Waals surface area contributed by atoms with Gasteiger partial charge in [0.15, 0.2) is 0 Å². The van der Waals surface area contributed by atoms with Gasteiger partial charge < -0.3 is 10.7 Å². The molecule has 0 atom stereocenters. The first-order valence-corrected chi connectivity index (χ1v) is 4.10. The summed E-state index contributed by atoms with van der Waals surface area (Å²) in [6.07, 6.45) is 3.41. The Labute approximate surface area is 81.0 Å². The van der Waals surface area contributed by atoms with E-state index in [1.54, 1.807) is 18.5 Å². The summed E-state index contributed by atoms with van der Waals surface area (Å²) >= 11 is 0. The summed E-state index contributed by atoms with van der Waals surface area (Å²) in [7, 11) is 0. The molecule has 2 aromatic heterocycles. The van der Waals surface area contributed by atoms with E-state index in [-0.39, 0.29) is 0 Å². The van der Waals surface area contributed by atoms with Crippen molar-refractivity contribution in [1.82, 2.24) is 9.97 Å². The monoisotopic (exact) mass is 184 g/mol. The number of hydrogen-bond acceptors (Lipinski definition) is 3. The van der Waals surface area contributed by atoms with Crippen LogP contribution in [0.1, 0.15) is 5.56 Å². The molecule has 0 spiro atoms. The molecule has 0 saturated carbocycles. The largest absolute Gasteiger partial charge is 0.384 e. The number of aromatic amines is 1. The molecule has 68 valence electrons. The van der Waals surface area contributed by atoms with Crippen LogP contribution in [0.2, 0.25) is 0 Å². The number of nitrogens with one attached hydrogen (secondary N) is 1. The van der Waals surface area contributed by atoms with Gasteiger partial charge in [-0.15, -0.1) is 0 Å². The molecule has 0 saturated heterocycles. The molecule has 0 bridgehead atoms. The molecule has 0 unspecified atom stereocenters. The lowest BCUT2D eigenvalue weighted by Gasteiger charge is -1.94. The summed E-state index contributed by atoms with van der Waals surface area (Å²) < 4.78 is 0. The average molecular weight is 184 g/mol. The molecule has 0 radical (unpaired) electrons. The molecule has 0 aliphatic heterocycles. The zero-order chi connectivity index (χ0) is 9.97. The van der Waals surface area contributed by atoms with Crippen LogP contribution in [-0.4, -0.2) is 9.97 Å². The van der Waals surface area contributed by atoms with E-state index in [0.717, 1.165) is 11.3 Å². The fraction of sp³-hybridized carbons (Fsp3) is 0.